The second kappa shape index (κ2) is 5.74. The Labute approximate surface area is 114 Å². The van der Waals surface area contributed by atoms with Gasteiger partial charge >= 0.3 is 5.97 Å². The highest BCUT2D eigenvalue weighted by atomic mass is 16.5. The maximum absolute atomic E-state index is 11.5. The summed E-state index contributed by atoms with van der Waals surface area (Å²) in [5.74, 6) is 0.242. The molecule has 2 unspecified atom stereocenters. The van der Waals surface area contributed by atoms with Crippen LogP contribution in [0.3, 0.4) is 0 Å². The van der Waals surface area contributed by atoms with Gasteiger partial charge in [-0.05, 0) is 43.2 Å². The van der Waals surface area contributed by atoms with Crippen molar-refractivity contribution in [3.8, 4) is 0 Å². The standard InChI is InChI=1S/C16H22O3/c1-3-19-15(17)9-11-16(18)10-8-12(2)13-6-4-5-7-14(13)16/h4-7,12,18H,3,8-11H2,1-2H3. The van der Waals surface area contributed by atoms with E-state index in [1.807, 2.05) is 18.2 Å². The Hall–Kier alpha value is -1.35. The molecule has 1 aliphatic carbocycles. The highest BCUT2D eigenvalue weighted by molar-refractivity contribution is 5.69. The van der Waals surface area contributed by atoms with Crippen molar-refractivity contribution in [3.63, 3.8) is 0 Å². The maximum Gasteiger partial charge on any atom is 0.305 e. The molecule has 0 fully saturated rings. The molecule has 2 atom stereocenters. The Bertz CT molecular complexity index is 455. The van der Waals surface area contributed by atoms with E-state index < -0.39 is 5.60 Å². The van der Waals surface area contributed by atoms with E-state index in [0.717, 1.165) is 12.0 Å². The van der Waals surface area contributed by atoms with Crippen LogP contribution in [0.2, 0.25) is 0 Å². The van der Waals surface area contributed by atoms with Gasteiger partial charge in [-0.2, -0.15) is 0 Å². The lowest BCUT2D eigenvalue weighted by molar-refractivity contribution is -0.144. The highest BCUT2D eigenvalue weighted by Gasteiger charge is 2.36. The van der Waals surface area contributed by atoms with Crippen molar-refractivity contribution in [2.24, 2.45) is 0 Å². The van der Waals surface area contributed by atoms with Crippen LogP contribution in [-0.2, 0) is 15.1 Å². The summed E-state index contributed by atoms with van der Waals surface area (Å²) >= 11 is 0. The van der Waals surface area contributed by atoms with Gasteiger partial charge in [0.25, 0.3) is 0 Å². The number of carbonyl (C=O) groups is 1. The Morgan fingerprint density at radius 1 is 1.47 bits per heavy atom. The van der Waals surface area contributed by atoms with Crippen molar-refractivity contribution in [3.05, 3.63) is 35.4 Å². The molecule has 0 spiro atoms. The molecule has 0 amide bonds. The fourth-order valence-electron chi connectivity index (χ4n) is 2.90. The van der Waals surface area contributed by atoms with E-state index in [0.29, 0.717) is 25.4 Å². The van der Waals surface area contributed by atoms with Gasteiger partial charge in [0.05, 0.1) is 12.2 Å². The highest BCUT2D eigenvalue weighted by Crippen LogP contribution is 2.43. The van der Waals surface area contributed by atoms with Crippen molar-refractivity contribution < 1.29 is 14.6 Å². The fourth-order valence-corrected chi connectivity index (χ4v) is 2.90. The summed E-state index contributed by atoms with van der Waals surface area (Å²) in [7, 11) is 0. The summed E-state index contributed by atoms with van der Waals surface area (Å²) in [6, 6.07) is 8.02. The minimum absolute atomic E-state index is 0.230. The molecule has 0 bridgehead atoms. The summed E-state index contributed by atoms with van der Waals surface area (Å²) < 4.78 is 4.94. The first-order valence-electron chi connectivity index (χ1n) is 7.04. The number of benzene rings is 1. The van der Waals surface area contributed by atoms with Gasteiger partial charge in [0.1, 0.15) is 0 Å². The number of aliphatic hydroxyl groups is 1. The van der Waals surface area contributed by atoms with E-state index in [4.69, 9.17) is 4.74 Å². The fraction of sp³-hybridized carbons (Fsp3) is 0.562. The van der Waals surface area contributed by atoms with Crippen LogP contribution >= 0.6 is 0 Å². The van der Waals surface area contributed by atoms with Gasteiger partial charge in [0.2, 0.25) is 0 Å². The van der Waals surface area contributed by atoms with Crippen LogP contribution in [0.5, 0.6) is 0 Å². The molecule has 0 heterocycles. The van der Waals surface area contributed by atoms with Gasteiger partial charge in [-0.25, -0.2) is 0 Å². The molecule has 1 aromatic carbocycles. The second-order valence-corrected chi connectivity index (χ2v) is 5.36. The van der Waals surface area contributed by atoms with Crippen LogP contribution in [0.1, 0.15) is 56.6 Å². The molecule has 3 nitrogen and oxygen atoms in total. The van der Waals surface area contributed by atoms with Crippen LogP contribution in [0.15, 0.2) is 24.3 Å². The van der Waals surface area contributed by atoms with Crippen LogP contribution in [0.4, 0.5) is 0 Å². The van der Waals surface area contributed by atoms with E-state index in [2.05, 4.69) is 13.0 Å². The molecule has 0 saturated heterocycles. The largest absolute Gasteiger partial charge is 0.466 e. The number of fused-ring (bicyclic) bond motifs is 1. The van der Waals surface area contributed by atoms with E-state index in [1.54, 1.807) is 6.92 Å². The number of esters is 1. The molecule has 1 N–H and O–H groups in total. The first-order valence-corrected chi connectivity index (χ1v) is 7.04. The van der Waals surface area contributed by atoms with Gasteiger partial charge in [-0.1, -0.05) is 31.2 Å². The van der Waals surface area contributed by atoms with E-state index in [9.17, 15) is 9.90 Å². The van der Waals surface area contributed by atoms with E-state index >= 15 is 0 Å². The molecule has 0 aromatic heterocycles. The quantitative estimate of drug-likeness (QED) is 0.848. The van der Waals surface area contributed by atoms with E-state index in [-0.39, 0.29) is 12.4 Å². The third-order valence-corrected chi connectivity index (χ3v) is 4.03. The van der Waals surface area contributed by atoms with Crippen molar-refractivity contribution in [1.82, 2.24) is 0 Å². The lowest BCUT2D eigenvalue weighted by atomic mass is 9.72. The molecule has 0 saturated carbocycles. The first kappa shape index (κ1) is 14.1. The Morgan fingerprint density at radius 3 is 2.95 bits per heavy atom. The van der Waals surface area contributed by atoms with Gasteiger partial charge in [0.15, 0.2) is 0 Å². The minimum Gasteiger partial charge on any atom is -0.466 e. The van der Waals surface area contributed by atoms with Crippen molar-refractivity contribution >= 4 is 5.97 Å². The number of rotatable bonds is 4. The molecule has 19 heavy (non-hydrogen) atoms. The van der Waals surface area contributed by atoms with Crippen LogP contribution in [-0.4, -0.2) is 17.7 Å². The molecular weight excluding hydrogens is 240 g/mol. The molecule has 0 aliphatic heterocycles. The van der Waals surface area contributed by atoms with Crippen molar-refractivity contribution in [2.75, 3.05) is 6.61 Å². The summed E-state index contributed by atoms with van der Waals surface area (Å²) in [5.41, 5.74) is 1.31. The monoisotopic (exact) mass is 262 g/mol. The zero-order chi connectivity index (χ0) is 13.9. The van der Waals surface area contributed by atoms with Crippen molar-refractivity contribution in [1.29, 1.82) is 0 Å². The zero-order valence-electron chi connectivity index (χ0n) is 11.7. The summed E-state index contributed by atoms with van der Waals surface area (Å²) in [5, 5.41) is 10.9. The lowest BCUT2D eigenvalue weighted by Crippen LogP contribution is -2.32. The third-order valence-electron chi connectivity index (χ3n) is 4.03. The average Bonchev–Trinajstić information content (AvgIpc) is 2.42. The molecule has 3 heteroatoms. The van der Waals surface area contributed by atoms with Crippen molar-refractivity contribution in [2.45, 2.75) is 51.0 Å². The lowest BCUT2D eigenvalue weighted by Gasteiger charge is -2.37. The zero-order valence-corrected chi connectivity index (χ0v) is 11.7. The number of hydrogen-bond acceptors (Lipinski definition) is 3. The van der Waals surface area contributed by atoms with Crippen LogP contribution < -0.4 is 0 Å². The number of hydrogen-bond donors (Lipinski definition) is 1. The van der Waals surface area contributed by atoms with Gasteiger partial charge in [-0.15, -0.1) is 0 Å². The second-order valence-electron chi connectivity index (χ2n) is 5.36. The Morgan fingerprint density at radius 2 is 2.21 bits per heavy atom. The number of ether oxygens (including phenoxy) is 1. The predicted octanol–water partition coefficient (Wildman–Crippen LogP) is 3.11. The predicted molar refractivity (Wildman–Crippen MR) is 73.9 cm³/mol. The first-order chi connectivity index (χ1) is 9.07. The molecule has 2 rings (SSSR count). The SMILES string of the molecule is CCOC(=O)CCC1(O)CCC(C)c2ccccc21. The smallest absolute Gasteiger partial charge is 0.305 e. The van der Waals surface area contributed by atoms with E-state index in [1.165, 1.54) is 5.56 Å². The molecule has 0 radical (unpaired) electrons. The normalized spacial score (nSPS) is 25.7. The average molecular weight is 262 g/mol. The van der Waals surface area contributed by atoms with Gasteiger partial charge in [-0.3, -0.25) is 4.79 Å². The topological polar surface area (TPSA) is 46.5 Å². The Balaban J connectivity index is 2.15. The summed E-state index contributed by atoms with van der Waals surface area (Å²) in [6.07, 6.45) is 2.38. The Kier molecular flexibility index (Phi) is 4.25. The molecule has 104 valence electrons. The van der Waals surface area contributed by atoms with Crippen LogP contribution in [0.25, 0.3) is 0 Å². The minimum atomic E-state index is -0.879. The summed E-state index contributed by atoms with van der Waals surface area (Å²) in [6.45, 7) is 4.37. The van der Waals surface area contributed by atoms with Gasteiger partial charge < -0.3 is 9.84 Å². The van der Waals surface area contributed by atoms with Crippen LogP contribution in [0, 0.1) is 0 Å². The third kappa shape index (κ3) is 2.98. The summed E-state index contributed by atoms with van der Waals surface area (Å²) in [4.78, 5) is 11.5. The van der Waals surface area contributed by atoms with Gasteiger partial charge in [0, 0.05) is 6.42 Å². The number of carbonyl (C=O) groups excluding carboxylic acids is 1. The maximum atomic E-state index is 11.5. The molecular formula is C16H22O3. The molecule has 1 aromatic rings. The molecule has 1 aliphatic rings.